The second kappa shape index (κ2) is 8.62. The first-order valence-corrected chi connectivity index (χ1v) is 10.6. The molecule has 10 heteroatoms. The van der Waals surface area contributed by atoms with Crippen molar-refractivity contribution in [3.8, 4) is 0 Å². The van der Waals surface area contributed by atoms with E-state index in [9.17, 15) is 18.0 Å². The van der Waals surface area contributed by atoms with E-state index in [4.69, 9.17) is 0 Å². The Kier molecular flexibility index (Phi) is 5.90. The maximum Gasteiger partial charge on any atom is 0.416 e. The molecule has 2 aromatic heterocycles. The molecule has 1 fully saturated rings. The number of halogens is 3. The Morgan fingerprint density at radius 2 is 1.94 bits per heavy atom. The molecule has 162 valence electrons. The minimum absolute atomic E-state index is 0.116. The molecule has 6 nitrogen and oxygen atoms in total. The fourth-order valence-corrected chi connectivity index (χ4v) is 4.45. The van der Waals surface area contributed by atoms with Crippen molar-refractivity contribution in [2.75, 3.05) is 17.3 Å². The molecule has 1 amide bonds. The van der Waals surface area contributed by atoms with Gasteiger partial charge in [-0.25, -0.2) is 4.98 Å². The molecule has 1 aliphatic rings. The first kappa shape index (κ1) is 21.2. The number of rotatable bonds is 5. The highest BCUT2D eigenvalue weighted by Crippen LogP contribution is 2.39. The summed E-state index contributed by atoms with van der Waals surface area (Å²) in [6.45, 7) is 0. The van der Waals surface area contributed by atoms with Crippen molar-refractivity contribution in [1.29, 1.82) is 0 Å². The number of carbonyl (C=O) groups excluding carboxylic acids is 1. The Labute approximate surface area is 181 Å². The van der Waals surface area contributed by atoms with Gasteiger partial charge in [0.2, 0.25) is 5.13 Å². The standard InChI is InChI=1S/C21H20F3N5OS/c1-29(18-10-7-14(11-25-18)19(30)27-20-28-26-12-31-20)17-4-2-3-16(17)13-5-8-15(9-6-13)21(22,23)24/h5-12,16-17H,2-4H2,1H3,(H,27,28,30)/t16-,17-/m0/s1. The average molecular weight is 447 g/mol. The number of nitrogens with zero attached hydrogens (tertiary/aromatic N) is 4. The minimum Gasteiger partial charge on any atom is -0.356 e. The van der Waals surface area contributed by atoms with E-state index in [0.717, 1.165) is 37.0 Å². The SMILES string of the molecule is CN(c1ccc(C(=O)Nc2nncs2)cn1)[C@H]1CCC[C@H]1c1ccc(C(F)(F)F)cc1. The molecule has 31 heavy (non-hydrogen) atoms. The number of hydrogen-bond donors (Lipinski definition) is 1. The van der Waals surface area contributed by atoms with Gasteiger partial charge in [-0.15, -0.1) is 10.2 Å². The van der Waals surface area contributed by atoms with Crippen molar-refractivity contribution in [3.63, 3.8) is 0 Å². The number of hydrogen-bond acceptors (Lipinski definition) is 6. The zero-order valence-electron chi connectivity index (χ0n) is 16.6. The van der Waals surface area contributed by atoms with Crippen molar-refractivity contribution >= 4 is 28.2 Å². The van der Waals surface area contributed by atoms with Crippen LogP contribution in [0.2, 0.25) is 0 Å². The summed E-state index contributed by atoms with van der Waals surface area (Å²) in [4.78, 5) is 18.8. The molecule has 0 bridgehead atoms. The topological polar surface area (TPSA) is 71.0 Å². The van der Waals surface area contributed by atoms with Gasteiger partial charge >= 0.3 is 6.18 Å². The first-order chi connectivity index (χ1) is 14.8. The van der Waals surface area contributed by atoms with Gasteiger partial charge in [0.1, 0.15) is 11.3 Å². The molecule has 0 unspecified atom stereocenters. The van der Waals surface area contributed by atoms with Gasteiger partial charge < -0.3 is 4.90 Å². The number of benzene rings is 1. The maximum atomic E-state index is 12.9. The van der Waals surface area contributed by atoms with Crippen molar-refractivity contribution in [2.24, 2.45) is 0 Å². The Morgan fingerprint density at radius 1 is 1.16 bits per heavy atom. The number of likely N-dealkylation sites (N-methyl/N-ethyl adjacent to an activating group) is 1. The van der Waals surface area contributed by atoms with Crippen LogP contribution in [0, 0.1) is 0 Å². The molecule has 0 spiro atoms. The number of aromatic nitrogens is 3. The molecule has 0 saturated heterocycles. The highest BCUT2D eigenvalue weighted by molar-refractivity contribution is 7.13. The van der Waals surface area contributed by atoms with E-state index >= 15 is 0 Å². The van der Waals surface area contributed by atoms with Crippen LogP contribution >= 0.6 is 11.3 Å². The van der Waals surface area contributed by atoms with Crippen LogP contribution in [-0.2, 0) is 6.18 Å². The van der Waals surface area contributed by atoms with Gasteiger partial charge in [0, 0.05) is 25.2 Å². The number of carbonyl (C=O) groups is 1. The van der Waals surface area contributed by atoms with Crippen molar-refractivity contribution in [1.82, 2.24) is 15.2 Å². The molecule has 2 atom stereocenters. The van der Waals surface area contributed by atoms with E-state index in [1.165, 1.54) is 23.0 Å². The van der Waals surface area contributed by atoms with Crippen LogP contribution in [0.4, 0.5) is 24.1 Å². The normalized spacial score (nSPS) is 18.7. The third-order valence-electron chi connectivity index (χ3n) is 5.60. The molecule has 0 radical (unpaired) electrons. The van der Waals surface area contributed by atoms with E-state index in [-0.39, 0.29) is 17.9 Å². The highest BCUT2D eigenvalue weighted by atomic mass is 32.1. The average Bonchev–Trinajstić information content (AvgIpc) is 3.45. The summed E-state index contributed by atoms with van der Waals surface area (Å²) in [7, 11) is 1.93. The van der Waals surface area contributed by atoms with Gasteiger partial charge in [0.15, 0.2) is 0 Å². The number of amides is 1. The quantitative estimate of drug-likeness (QED) is 0.598. The summed E-state index contributed by atoms with van der Waals surface area (Å²) >= 11 is 1.23. The predicted molar refractivity (Wildman–Crippen MR) is 112 cm³/mol. The molecule has 1 aromatic carbocycles. The molecule has 4 rings (SSSR count). The largest absolute Gasteiger partial charge is 0.416 e. The predicted octanol–water partition coefficient (Wildman–Crippen LogP) is 4.98. The van der Waals surface area contributed by atoms with E-state index < -0.39 is 11.7 Å². The lowest BCUT2D eigenvalue weighted by atomic mass is 9.92. The van der Waals surface area contributed by atoms with Crippen LogP contribution < -0.4 is 10.2 Å². The summed E-state index contributed by atoms with van der Waals surface area (Å²) < 4.78 is 38.6. The monoisotopic (exact) mass is 447 g/mol. The molecule has 1 N–H and O–H groups in total. The maximum absolute atomic E-state index is 12.9. The smallest absolute Gasteiger partial charge is 0.356 e. The van der Waals surface area contributed by atoms with Gasteiger partial charge in [-0.3, -0.25) is 10.1 Å². The number of nitrogens with one attached hydrogen (secondary N) is 1. The third kappa shape index (κ3) is 4.68. The van der Waals surface area contributed by atoms with Crippen molar-refractivity contribution < 1.29 is 18.0 Å². The van der Waals surface area contributed by atoms with E-state index in [1.807, 2.05) is 11.9 Å². The fraction of sp³-hybridized carbons (Fsp3) is 0.333. The first-order valence-electron chi connectivity index (χ1n) is 9.76. The second-order valence-electron chi connectivity index (χ2n) is 7.44. The van der Waals surface area contributed by atoms with Gasteiger partial charge in [0.05, 0.1) is 11.1 Å². The Morgan fingerprint density at radius 3 is 2.55 bits per heavy atom. The molecule has 1 saturated carbocycles. The molecule has 3 aromatic rings. The van der Waals surface area contributed by atoms with Crippen LogP contribution in [0.3, 0.4) is 0 Å². The molecule has 2 heterocycles. The van der Waals surface area contributed by atoms with Gasteiger partial charge in [-0.1, -0.05) is 29.9 Å². The van der Waals surface area contributed by atoms with E-state index in [2.05, 4.69) is 20.5 Å². The van der Waals surface area contributed by atoms with Crippen molar-refractivity contribution in [3.05, 3.63) is 64.8 Å². The third-order valence-corrected chi connectivity index (χ3v) is 6.20. The minimum atomic E-state index is -4.33. The molecular weight excluding hydrogens is 427 g/mol. The van der Waals surface area contributed by atoms with Crippen molar-refractivity contribution in [2.45, 2.75) is 37.4 Å². The fourth-order valence-electron chi connectivity index (χ4n) is 4.01. The van der Waals surface area contributed by atoms with Gasteiger partial charge in [-0.05, 0) is 42.7 Å². The van der Waals surface area contributed by atoms with Crippen LogP contribution in [-0.4, -0.2) is 34.2 Å². The second-order valence-corrected chi connectivity index (χ2v) is 8.27. The summed E-state index contributed by atoms with van der Waals surface area (Å²) in [5.74, 6) is 0.507. The van der Waals surface area contributed by atoms with Gasteiger partial charge in [-0.2, -0.15) is 13.2 Å². The lowest BCUT2D eigenvalue weighted by molar-refractivity contribution is -0.137. The van der Waals surface area contributed by atoms with E-state index in [0.29, 0.717) is 16.5 Å². The Hall–Kier alpha value is -3.01. The highest BCUT2D eigenvalue weighted by Gasteiger charge is 2.34. The zero-order chi connectivity index (χ0) is 22.0. The lowest BCUT2D eigenvalue weighted by Crippen LogP contribution is -2.34. The number of alkyl halides is 3. The molecule has 1 aliphatic carbocycles. The summed E-state index contributed by atoms with van der Waals surface area (Å²) in [6.07, 6.45) is -0.0163. The number of pyridine rings is 1. The van der Waals surface area contributed by atoms with Crippen LogP contribution in [0.15, 0.2) is 48.1 Å². The van der Waals surface area contributed by atoms with Crippen LogP contribution in [0.1, 0.15) is 46.7 Å². The summed E-state index contributed by atoms with van der Waals surface area (Å²) in [5.41, 5.74) is 2.19. The Balaban J connectivity index is 1.46. The van der Waals surface area contributed by atoms with Crippen LogP contribution in [0.5, 0.6) is 0 Å². The summed E-state index contributed by atoms with van der Waals surface area (Å²) in [5, 5.41) is 10.5. The van der Waals surface area contributed by atoms with Gasteiger partial charge in [0.25, 0.3) is 5.91 Å². The lowest BCUT2D eigenvalue weighted by Gasteiger charge is -2.31. The molecular formula is C21H20F3N5OS. The Bertz CT molecular complexity index is 1020. The van der Waals surface area contributed by atoms with E-state index in [1.54, 1.807) is 24.3 Å². The molecule has 0 aliphatic heterocycles. The summed E-state index contributed by atoms with van der Waals surface area (Å²) in [6, 6.07) is 9.03. The van der Waals surface area contributed by atoms with Crippen LogP contribution in [0.25, 0.3) is 0 Å². The number of anilines is 2. The zero-order valence-corrected chi connectivity index (χ0v) is 17.5.